The first-order valence-corrected chi connectivity index (χ1v) is 4.82. The SMILES string of the molecule is C=C(C)C(=O)O[C@@H](C=O)[C@H](O)[C@@H](O)[C@H](O)CO. The number of hydrogen-bond donors (Lipinski definition) is 4. The predicted octanol–water partition coefficient (Wildman–Crippen LogP) is -2.25. The van der Waals surface area contributed by atoms with E-state index in [1.807, 2.05) is 0 Å². The van der Waals surface area contributed by atoms with Gasteiger partial charge in [-0.3, -0.25) is 4.79 Å². The molecule has 17 heavy (non-hydrogen) atoms. The van der Waals surface area contributed by atoms with Crippen molar-refractivity contribution >= 4 is 12.3 Å². The summed E-state index contributed by atoms with van der Waals surface area (Å²) in [6.45, 7) is 3.81. The number of hydrogen-bond acceptors (Lipinski definition) is 7. The lowest BCUT2D eigenvalue weighted by Gasteiger charge is -2.25. The van der Waals surface area contributed by atoms with Gasteiger partial charge < -0.3 is 25.2 Å². The quantitative estimate of drug-likeness (QED) is 0.228. The van der Waals surface area contributed by atoms with Gasteiger partial charge in [-0.2, -0.15) is 0 Å². The van der Waals surface area contributed by atoms with Crippen LogP contribution < -0.4 is 0 Å². The molecule has 0 aliphatic rings. The van der Waals surface area contributed by atoms with Gasteiger partial charge in [0.1, 0.15) is 18.3 Å². The van der Waals surface area contributed by atoms with Crippen molar-refractivity contribution in [2.75, 3.05) is 6.61 Å². The van der Waals surface area contributed by atoms with E-state index in [-0.39, 0.29) is 11.9 Å². The van der Waals surface area contributed by atoms with Crippen LogP contribution in [-0.2, 0) is 14.3 Å². The summed E-state index contributed by atoms with van der Waals surface area (Å²) in [4.78, 5) is 21.7. The Labute approximate surface area is 97.9 Å². The van der Waals surface area contributed by atoms with Crippen molar-refractivity contribution in [1.82, 2.24) is 0 Å². The second-order valence-corrected chi connectivity index (χ2v) is 3.52. The number of ether oxygens (including phenoxy) is 1. The molecule has 0 aromatic heterocycles. The van der Waals surface area contributed by atoms with Gasteiger partial charge in [0.15, 0.2) is 12.4 Å². The van der Waals surface area contributed by atoms with Crippen LogP contribution in [0.15, 0.2) is 12.2 Å². The van der Waals surface area contributed by atoms with Crippen LogP contribution >= 0.6 is 0 Å². The molecule has 0 aromatic carbocycles. The molecule has 0 heterocycles. The third kappa shape index (κ3) is 4.61. The first-order valence-electron chi connectivity index (χ1n) is 4.82. The summed E-state index contributed by atoms with van der Waals surface area (Å²) in [5.41, 5.74) is 0.0150. The van der Waals surface area contributed by atoms with Gasteiger partial charge in [0.25, 0.3) is 0 Å². The van der Waals surface area contributed by atoms with Crippen molar-refractivity contribution in [1.29, 1.82) is 0 Å². The van der Waals surface area contributed by atoms with Crippen molar-refractivity contribution in [2.24, 2.45) is 0 Å². The van der Waals surface area contributed by atoms with E-state index in [1.165, 1.54) is 6.92 Å². The van der Waals surface area contributed by atoms with Crippen molar-refractivity contribution in [3.63, 3.8) is 0 Å². The maximum absolute atomic E-state index is 11.1. The summed E-state index contributed by atoms with van der Waals surface area (Å²) in [7, 11) is 0. The maximum Gasteiger partial charge on any atom is 0.333 e. The average molecular weight is 248 g/mol. The molecule has 7 heteroatoms. The van der Waals surface area contributed by atoms with E-state index in [0.29, 0.717) is 0 Å². The monoisotopic (exact) mass is 248 g/mol. The van der Waals surface area contributed by atoms with Gasteiger partial charge in [-0.05, 0) is 6.92 Å². The highest BCUT2D eigenvalue weighted by Crippen LogP contribution is 2.08. The van der Waals surface area contributed by atoms with Gasteiger partial charge in [-0.25, -0.2) is 4.79 Å². The standard InChI is InChI=1S/C10H16O7/c1-5(2)10(16)17-7(4-12)9(15)8(14)6(13)3-11/h4,6-9,11,13-15H,1,3H2,2H3/t6-,7+,8+,9+/m1/s1. The first kappa shape index (κ1) is 15.7. The van der Waals surface area contributed by atoms with Crippen LogP contribution in [0.1, 0.15) is 6.92 Å². The van der Waals surface area contributed by atoms with Gasteiger partial charge in [-0.1, -0.05) is 6.58 Å². The predicted molar refractivity (Wildman–Crippen MR) is 55.9 cm³/mol. The largest absolute Gasteiger partial charge is 0.448 e. The number of esters is 1. The van der Waals surface area contributed by atoms with Gasteiger partial charge >= 0.3 is 5.97 Å². The lowest BCUT2D eigenvalue weighted by atomic mass is 10.0. The van der Waals surface area contributed by atoms with E-state index >= 15 is 0 Å². The molecule has 0 aromatic rings. The normalized spacial score (nSPS) is 17.7. The second-order valence-electron chi connectivity index (χ2n) is 3.52. The Hall–Kier alpha value is -1.28. The molecule has 0 amide bonds. The van der Waals surface area contributed by atoms with Crippen molar-refractivity contribution < 1.29 is 34.8 Å². The summed E-state index contributed by atoms with van der Waals surface area (Å²) in [6, 6.07) is 0. The van der Waals surface area contributed by atoms with Crippen molar-refractivity contribution in [2.45, 2.75) is 31.3 Å². The molecule has 0 rings (SSSR count). The Morgan fingerprint density at radius 2 is 1.88 bits per heavy atom. The number of carbonyl (C=O) groups is 2. The van der Waals surface area contributed by atoms with Gasteiger partial charge in [0.2, 0.25) is 0 Å². The lowest BCUT2D eigenvalue weighted by Crippen LogP contribution is -2.48. The molecule has 4 atom stereocenters. The summed E-state index contributed by atoms with van der Waals surface area (Å²) in [5.74, 6) is -0.910. The highest BCUT2D eigenvalue weighted by Gasteiger charge is 2.33. The van der Waals surface area contributed by atoms with E-state index in [2.05, 4.69) is 11.3 Å². The number of aliphatic hydroxyl groups is 4. The molecule has 0 saturated heterocycles. The zero-order valence-corrected chi connectivity index (χ0v) is 9.31. The maximum atomic E-state index is 11.1. The summed E-state index contributed by atoms with van der Waals surface area (Å²) >= 11 is 0. The number of aliphatic hydroxyl groups excluding tert-OH is 4. The first-order chi connectivity index (χ1) is 7.84. The molecule has 98 valence electrons. The number of aldehydes is 1. The second kappa shape index (κ2) is 7.13. The van der Waals surface area contributed by atoms with Crippen LogP contribution in [0.4, 0.5) is 0 Å². The van der Waals surface area contributed by atoms with E-state index in [4.69, 9.17) is 10.2 Å². The molecule has 0 bridgehead atoms. The number of carbonyl (C=O) groups excluding carboxylic acids is 2. The molecule has 0 radical (unpaired) electrons. The minimum Gasteiger partial charge on any atom is -0.448 e. The Balaban J connectivity index is 4.60. The minimum atomic E-state index is -1.84. The zero-order chi connectivity index (χ0) is 13.6. The Kier molecular flexibility index (Phi) is 6.59. The van der Waals surface area contributed by atoms with Crippen LogP contribution in [0.3, 0.4) is 0 Å². The highest BCUT2D eigenvalue weighted by atomic mass is 16.6. The third-order valence-electron chi connectivity index (χ3n) is 1.99. The fourth-order valence-electron chi connectivity index (χ4n) is 0.932. The van der Waals surface area contributed by atoms with Crippen LogP contribution in [0, 0.1) is 0 Å². The molecule has 0 saturated carbocycles. The Morgan fingerprint density at radius 1 is 1.35 bits per heavy atom. The topological polar surface area (TPSA) is 124 Å². The van der Waals surface area contributed by atoms with Crippen LogP contribution in [0.25, 0.3) is 0 Å². The molecule has 0 spiro atoms. The molecule has 7 nitrogen and oxygen atoms in total. The molecule has 0 aliphatic heterocycles. The third-order valence-corrected chi connectivity index (χ3v) is 1.99. The van der Waals surface area contributed by atoms with E-state index in [1.54, 1.807) is 0 Å². The van der Waals surface area contributed by atoms with Crippen LogP contribution in [0.5, 0.6) is 0 Å². The van der Waals surface area contributed by atoms with E-state index in [9.17, 15) is 19.8 Å². The van der Waals surface area contributed by atoms with Crippen molar-refractivity contribution in [3.05, 3.63) is 12.2 Å². The summed E-state index contributed by atoms with van der Waals surface area (Å²) in [6.07, 6.45) is -6.82. The van der Waals surface area contributed by atoms with Gasteiger partial charge in [0.05, 0.1) is 6.61 Å². The molecule has 0 fully saturated rings. The average Bonchev–Trinajstić information content (AvgIpc) is 2.32. The minimum absolute atomic E-state index is 0.0150. The van der Waals surface area contributed by atoms with E-state index < -0.39 is 37.0 Å². The van der Waals surface area contributed by atoms with Gasteiger partial charge in [-0.15, -0.1) is 0 Å². The fraction of sp³-hybridized carbons (Fsp3) is 0.600. The van der Waals surface area contributed by atoms with E-state index in [0.717, 1.165) is 0 Å². The summed E-state index contributed by atoms with van der Waals surface area (Å²) < 4.78 is 4.53. The molecule has 0 unspecified atom stereocenters. The van der Waals surface area contributed by atoms with Crippen molar-refractivity contribution in [3.8, 4) is 0 Å². The molecule has 0 aliphatic carbocycles. The van der Waals surface area contributed by atoms with Gasteiger partial charge in [0, 0.05) is 5.57 Å². The molecule has 4 N–H and O–H groups in total. The fourth-order valence-corrected chi connectivity index (χ4v) is 0.932. The highest BCUT2D eigenvalue weighted by molar-refractivity contribution is 5.88. The summed E-state index contributed by atoms with van der Waals surface area (Å²) in [5, 5.41) is 36.4. The zero-order valence-electron chi connectivity index (χ0n) is 9.31. The lowest BCUT2D eigenvalue weighted by molar-refractivity contribution is -0.164. The van der Waals surface area contributed by atoms with Crippen LogP contribution in [0.2, 0.25) is 0 Å². The molecular formula is C10H16O7. The Bertz CT molecular complexity index is 288. The number of rotatable bonds is 7. The Morgan fingerprint density at radius 3 is 2.24 bits per heavy atom. The van der Waals surface area contributed by atoms with Crippen LogP contribution in [-0.4, -0.2) is 63.7 Å². The smallest absolute Gasteiger partial charge is 0.333 e. The molecular weight excluding hydrogens is 232 g/mol.